The van der Waals surface area contributed by atoms with E-state index >= 15 is 0 Å². The molecule has 2 N–H and O–H groups in total. The topological polar surface area (TPSA) is 36.0 Å². The van der Waals surface area contributed by atoms with E-state index in [2.05, 4.69) is 24.0 Å². The van der Waals surface area contributed by atoms with Gasteiger partial charge in [-0.1, -0.05) is 30.7 Å². The molecule has 0 unspecified atom stereocenters. The van der Waals surface area contributed by atoms with Crippen LogP contribution in [-0.4, -0.2) is 10.1 Å². The SMILES string of the molecule is CCc1ccc2[nH]c3c(O)c(Cl)ccc3c2c1. The zero-order valence-corrected chi connectivity index (χ0v) is 10.2. The zero-order chi connectivity index (χ0) is 12.0. The maximum absolute atomic E-state index is 9.92. The Morgan fingerprint density at radius 2 is 2.00 bits per heavy atom. The van der Waals surface area contributed by atoms with Crippen LogP contribution in [0, 0.1) is 0 Å². The quantitative estimate of drug-likeness (QED) is 0.661. The van der Waals surface area contributed by atoms with Gasteiger partial charge in [0.15, 0.2) is 5.75 Å². The molecule has 0 spiro atoms. The molecule has 3 rings (SSSR count). The molecule has 0 saturated heterocycles. The molecule has 0 atom stereocenters. The lowest BCUT2D eigenvalue weighted by Gasteiger charge is -1.98. The van der Waals surface area contributed by atoms with Crippen LogP contribution in [0.2, 0.25) is 5.02 Å². The first-order valence-corrected chi connectivity index (χ1v) is 6.00. The molecule has 0 radical (unpaired) electrons. The van der Waals surface area contributed by atoms with Gasteiger partial charge in [-0.2, -0.15) is 0 Å². The summed E-state index contributed by atoms with van der Waals surface area (Å²) in [5, 5.41) is 12.4. The predicted molar refractivity (Wildman–Crippen MR) is 71.9 cm³/mol. The fraction of sp³-hybridized carbons (Fsp3) is 0.143. The molecule has 0 aliphatic rings. The number of phenols is 1. The summed E-state index contributed by atoms with van der Waals surface area (Å²) in [5.74, 6) is 0.124. The third-order valence-corrected chi connectivity index (χ3v) is 3.48. The average molecular weight is 246 g/mol. The second-order valence-corrected chi connectivity index (χ2v) is 4.58. The van der Waals surface area contributed by atoms with Gasteiger partial charge in [0.2, 0.25) is 0 Å². The summed E-state index contributed by atoms with van der Waals surface area (Å²) in [4.78, 5) is 3.20. The molecule has 0 aliphatic heterocycles. The fourth-order valence-corrected chi connectivity index (χ4v) is 2.35. The Hall–Kier alpha value is -1.67. The number of aromatic amines is 1. The van der Waals surface area contributed by atoms with E-state index in [0.717, 1.165) is 22.7 Å². The number of aromatic hydroxyl groups is 1. The normalized spacial score (nSPS) is 11.4. The molecular formula is C14H12ClNO. The van der Waals surface area contributed by atoms with Gasteiger partial charge in [-0.3, -0.25) is 0 Å². The maximum Gasteiger partial charge on any atom is 0.158 e. The number of nitrogens with one attached hydrogen (secondary N) is 1. The highest BCUT2D eigenvalue weighted by atomic mass is 35.5. The van der Waals surface area contributed by atoms with E-state index in [9.17, 15) is 5.11 Å². The maximum atomic E-state index is 9.92. The number of hydrogen-bond acceptors (Lipinski definition) is 1. The zero-order valence-electron chi connectivity index (χ0n) is 9.42. The molecule has 0 fully saturated rings. The van der Waals surface area contributed by atoms with Crippen LogP contribution in [0.5, 0.6) is 5.75 Å². The molecule has 1 heterocycles. The number of hydrogen-bond donors (Lipinski definition) is 2. The van der Waals surface area contributed by atoms with Gasteiger partial charge in [0, 0.05) is 16.3 Å². The Labute approximate surface area is 104 Å². The number of aryl methyl sites for hydroxylation is 1. The summed E-state index contributed by atoms with van der Waals surface area (Å²) in [6, 6.07) is 9.96. The Morgan fingerprint density at radius 3 is 2.76 bits per heavy atom. The average Bonchev–Trinajstić information content (AvgIpc) is 2.72. The van der Waals surface area contributed by atoms with E-state index in [4.69, 9.17) is 11.6 Å². The van der Waals surface area contributed by atoms with Gasteiger partial charge in [-0.15, -0.1) is 0 Å². The molecule has 0 amide bonds. The summed E-state index contributed by atoms with van der Waals surface area (Å²) in [7, 11) is 0. The van der Waals surface area contributed by atoms with Crippen LogP contribution in [0.1, 0.15) is 12.5 Å². The highest BCUT2D eigenvalue weighted by molar-refractivity contribution is 6.33. The Morgan fingerprint density at radius 1 is 1.18 bits per heavy atom. The van der Waals surface area contributed by atoms with Crippen LogP contribution in [0.25, 0.3) is 21.8 Å². The van der Waals surface area contributed by atoms with Crippen molar-refractivity contribution in [2.75, 3.05) is 0 Å². The van der Waals surface area contributed by atoms with Crippen molar-refractivity contribution < 1.29 is 5.11 Å². The van der Waals surface area contributed by atoms with Crippen LogP contribution < -0.4 is 0 Å². The molecular weight excluding hydrogens is 234 g/mol. The van der Waals surface area contributed by atoms with E-state index in [1.54, 1.807) is 6.07 Å². The van der Waals surface area contributed by atoms with Crippen molar-refractivity contribution in [1.29, 1.82) is 0 Å². The van der Waals surface area contributed by atoms with E-state index in [1.807, 2.05) is 12.1 Å². The van der Waals surface area contributed by atoms with Crippen molar-refractivity contribution in [3.05, 3.63) is 40.9 Å². The van der Waals surface area contributed by atoms with Crippen molar-refractivity contribution in [2.24, 2.45) is 0 Å². The van der Waals surface area contributed by atoms with Crippen LogP contribution >= 0.6 is 11.6 Å². The number of H-pyrrole nitrogens is 1. The van der Waals surface area contributed by atoms with Crippen LogP contribution in [0.4, 0.5) is 0 Å². The van der Waals surface area contributed by atoms with Gasteiger partial charge in [0.1, 0.15) is 0 Å². The smallest absolute Gasteiger partial charge is 0.158 e. The molecule has 0 bridgehead atoms. The van der Waals surface area contributed by atoms with Crippen molar-refractivity contribution in [3.63, 3.8) is 0 Å². The predicted octanol–water partition coefficient (Wildman–Crippen LogP) is 4.24. The van der Waals surface area contributed by atoms with Gasteiger partial charge < -0.3 is 10.1 Å². The number of halogens is 1. The number of benzene rings is 2. The van der Waals surface area contributed by atoms with E-state index < -0.39 is 0 Å². The van der Waals surface area contributed by atoms with Crippen LogP contribution in [0.3, 0.4) is 0 Å². The molecule has 2 nitrogen and oxygen atoms in total. The molecule has 1 aromatic heterocycles. The summed E-state index contributed by atoms with van der Waals surface area (Å²) in [6.07, 6.45) is 1.00. The van der Waals surface area contributed by atoms with E-state index in [0.29, 0.717) is 10.5 Å². The lowest BCUT2D eigenvalue weighted by atomic mass is 10.1. The standard InChI is InChI=1S/C14H12ClNO/c1-2-8-3-6-12-10(7-8)9-4-5-11(15)14(17)13(9)16-12/h3-7,16-17H,2H2,1H3. The number of aromatic nitrogens is 1. The van der Waals surface area contributed by atoms with Crippen LogP contribution in [0.15, 0.2) is 30.3 Å². The lowest BCUT2D eigenvalue weighted by molar-refractivity contribution is 0.481. The third-order valence-electron chi connectivity index (χ3n) is 3.17. The molecule has 2 aromatic carbocycles. The molecule has 0 saturated carbocycles. The van der Waals surface area contributed by atoms with Crippen molar-refractivity contribution in [2.45, 2.75) is 13.3 Å². The second kappa shape index (κ2) is 3.67. The highest BCUT2D eigenvalue weighted by Gasteiger charge is 2.10. The first-order chi connectivity index (χ1) is 8.20. The van der Waals surface area contributed by atoms with Crippen molar-refractivity contribution >= 4 is 33.4 Å². The highest BCUT2D eigenvalue weighted by Crippen LogP contribution is 2.36. The van der Waals surface area contributed by atoms with Gasteiger partial charge in [0.25, 0.3) is 0 Å². The fourth-order valence-electron chi connectivity index (χ4n) is 2.19. The summed E-state index contributed by atoms with van der Waals surface area (Å²) < 4.78 is 0. The van der Waals surface area contributed by atoms with Gasteiger partial charge in [0.05, 0.1) is 10.5 Å². The van der Waals surface area contributed by atoms with Gasteiger partial charge in [-0.25, -0.2) is 0 Å². The lowest BCUT2D eigenvalue weighted by Crippen LogP contribution is -1.77. The molecule has 86 valence electrons. The summed E-state index contributed by atoms with van der Waals surface area (Å²) in [6.45, 7) is 2.13. The minimum absolute atomic E-state index is 0.124. The first-order valence-electron chi connectivity index (χ1n) is 5.62. The number of rotatable bonds is 1. The number of phenolic OH excluding ortho intramolecular Hbond substituents is 1. The monoisotopic (exact) mass is 245 g/mol. The first kappa shape index (κ1) is 10.5. The Balaban J connectivity index is 2.46. The second-order valence-electron chi connectivity index (χ2n) is 4.18. The number of fused-ring (bicyclic) bond motifs is 3. The summed E-state index contributed by atoms with van der Waals surface area (Å²) >= 11 is 5.90. The van der Waals surface area contributed by atoms with Crippen LogP contribution in [-0.2, 0) is 6.42 Å². The van der Waals surface area contributed by atoms with E-state index in [1.165, 1.54) is 5.56 Å². The molecule has 0 aliphatic carbocycles. The minimum atomic E-state index is 0.124. The van der Waals surface area contributed by atoms with Crippen molar-refractivity contribution in [1.82, 2.24) is 4.98 Å². The third kappa shape index (κ3) is 1.48. The molecule has 3 heteroatoms. The largest absolute Gasteiger partial charge is 0.504 e. The van der Waals surface area contributed by atoms with Gasteiger partial charge >= 0.3 is 0 Å². The van der Waals surface area contributed by atoms with E-state index in [-0.39, 0.29) is 5.75 Å². The molecule has 17 heavy (non-hydrogen) atoms. The Bertz CT molecular complexity index is 715. The van der Waals surface area contributed by atoms with Gasteiger partial charge in [-0.05, 0) is 30.2 Å². The summed E-state index contributed by atoms with van der Waals surface area (Å²) in [5.41, 5.74) is 3.02. The minimum Gasteiger partial charge on any atom is -0.504 e. The molecule has 3 aromatic rings. The Kier molecular flexibility index (Phi) is 2.26. The van der Waals surface area contributed by atoms with Crippen molar-refractivity contribution in [3.8, 4) is 5.75 Å².